The van der Waals surface area contributed by atoms with E-state index in [0.717, 1.165) is 46.1 Å². The van der Waals surface area contributed by atoms with E-state index in [-0.39, 0.29) is 0 Å². The maximum absolute atomic E-state index is 12.1. The standard InChI is InChI=1S/C31H22I2O4S/c1-16-17(2)36-23-15-26-29(20-10-6-7-11-25(20)38-26)28(27(16)23)19-13-21(32)30(22(33)14-19)37-24(31(34)35)12-18-8-4-3-5-9-18/h3-11,13-15,24H,12H2,1-2H3,(H,34,35)/t24-/m1/s1. The topological polar surface area (TPSA) is 59.7 Å². The number of fused-ring (bicyclic) bond motifs is 4. The number of thiophene rings is 1. The molecule has 0 aliphatic heterocycles. The first-order valence-corrected chi connectivity index (χ1v) is 15.1. The number of ether oxygens (including phenoxy) is 1. The Kier molecular flexibility index (Phi) is 6.86. The monoisotopic (exact) mass is 744 g/mol. The Morgan fingerprint density at radius 3 is 2.34 bits per heavy atom. The van der Waals surface area contributed by atoms with Gasteiger partial charge in [0.2, 0.25) is 0 Å². The number of carboxylic acids is 1. The zero-order valence-corrected chi connectivity index (χ0v) is 25.7. The largest absolute Gasteiger partial charge is 0.478 e. The molecule has 0 amide bonds. The van der Waals surface area contributed by atoms with Gasteiger partial charge in [0.1, 0.15) is 17.1 Å². The molecule has 2 heterocycles. The fourth-order valence-electron chi connectivity index (χ4n) is 4.99. The van der Waals surface area contributed by atoms with Crippen LogP contribution in [-0.2, 0) is 11.2 Å². The van der Waals surface area contributed by atoms with Crippen LogP contribution in [0.5, 0.6) is 5.75 Å². The zero-order valence-electron chi connectivity index (χ0n) is 20.5. The first-order chi connectivity index (χ1) is 18.3. The van der Waals surface area contributed by atoms with E-state index in [9.17, 15) is 9.90 Å². The lowest BCUT2D eigenvalue weighted by molar-refractivity contribution is -0.145. The molecule has 1 N–H and O–H groups in total. The molecule has 0 aliphatic carbocycles. The lowest BCUT2D eigenvalue weighted by Gasteiger charge is -2.19. The van der Waals surface area contributed by atoms with Gasteiger partial charge in [-0.3, -0.25) is 0 Å². The molecule has 0 saturated carbocycles. The van der Waals surface area contributed by atoms with Gasteiger partial charge < -0.3 is 14.3 Å². The number of carboxylic acid groups (broad SMARTS) is 1. The molecule has 0 fully saturated rings. The van der Waals surface area contributed by atoms with Gasteiger partial charge in [-0.15, -0.1) is 11.3 Å². The summed E-state index contributed by atoms with van der Waals surface area (Å²) in [4.78, 5) is 12.1. The number of furan rings is 1. The summed E-state index contributed by atoms with van der Waals surface area (Å²) in [6.07, 6.45) is -0.696. The van der Waals surface area contributed by atoms with Crippen molar-refractivity contribution in [1.29, 1.82) is 0 Å². The third-order valence-electron chi connectivity index (χ3n) is 6.88. The van der Waals surface area contributed by atoms with Crippen molar-refractivity contribution in [3.63, 3.8) is 0 Å². The van der Waals surface area contributed by atoms with Crippen molar-refractivity contribution >= 4 is 93.6 Å². The zero-order chi connectivity index (χ0) is 26.6. The Hall–Kier alpha value is -2.63. The summed E-state index contributed by atoms with van der Waals surface area (Å²) in [5, 5.41) is 13.5. The maximum atomic E-state index is 12.1. The highest BCUT2D eigenvalue weighted by atomic mass is 127. The van der Waals surface area contributed by atoms with Crippen molar-refractivity contribution in [2.24, 2.45) is 0 Å². The van der Waals surface area contributed by atoms with Gasteiger partial charge in [0.15, 0.2) is 6.10 Å². The first-order valence-electron chi connectivity index (χ1n) is 12.1. The summed E-state index contributed by atoms with van der Waals surface area (Å²) in [6.45, 7) is 4.12. The molecule has 7 heteroatoms. The molecule has 190 valence electrons. The molecule has 0 bridgehead atoms. The van der Waals surface area contributed by atoms with E-state index in [4.69, 9.17) is 9.15 Å². The van der Waals surface area contributed by atoms with Crippen LogP contribution >= 0.6 is 56.5 Å². The molecule has 1 atom stereocenters. The Bertz CT molecular complexity index is 1830. The van der Waals surface area contributed by atoms with E-state index >= 15 is 0 Å². The molecule has 0 spiro atoms. The van der Waals surface area contributed by atoms with Crippen molar-refractivity contribution in [3.05, 3.63) is 96.8 Å². The fraction of sp³-hybridized carbons (Fsp3) is 0.129. The van der Waals surface area contributed by atoms with Gasteiger partial charge in [-0.05, 0) is 100.0 Å². The molecule has 6 rings (SSSR count). The molecular formula is C31H22I2O4S. The number of aryl methyl sites for hydroxylation is 2. The fourth-order valence-corrected chi connectivity index (χ4v) is 8.15. The molecule has 0 unspecified atom stereocenters. The Balaban J connectivity index is 1.52. The molecular weight excluding hydrogens is 722 g/mol. The highest BCUT2D eigenvalue weighted by Gasteiger charge is 2.25. The summed E-state index contributed by atoms with van der Waals surface area (Å²) >= 11 is 6.29. The number of aliphatic carboxylic acids is 1. The number of hydrogen-bond acceptors (Lipinski definition) is 4. The van der Waals surface area contributed by atoms with E-state index in [1.165, 1.54) is 20.2 Å². The average Bonchev–Trinajstić information content (AvgIpc) is 3.40. The summed E-state index contributed by atoms with van der Waals surface area (Å²) in [7, 11) is 0. The van der Waals surface area contributed by atoms with E-state index in [0.29, 0.717) is 12.2 Å². The summed E-state index contributed by atoms with van der Waals surface area (Å²) in [5.41, 5.74) is 5.14. The van der Waals surface area contributed by atoms with Gasteiger partial charge in [-0.25, -0.2) is 4.79 Å². The molecule has 2 aromatic heterocycles. The maximum Gasteiger partial charge on any atom is 0.345 e. The summed E-state index contributed by atoms with van der Waals surface area (Å²) < 4.78 is 16.5. The van der Waals surface area contributed by atoms with Crippen molar-refractivity contribution in [2.45, 2.75) is 26.4 Å². The highest BCUT2D eigenvalue weighted by molar-refractivity contribution is 14.1. The number of benzene rings is 4. The molecule has 4 aromatic carbocycles. The van der Waals surface area contributed by atoms with Crippen LogP contribution in [0.1, 0.15) is 16.9 Å². The number of carbonyl (C=O) groups is 1. The minimum Gasteiger partial charge on any atom is -0.478 e. The molecule has 0 aliphatic rings. The quantitative estimate of drug-likeness (QED) is 0.173. The molecule has 0 saturated heterocycles. The van der Waals surface area contributed by atoms with Gasteiger partial charge in [-0.1, -0.05) is 48.5 Å². The minimum absolute atomic E-state index is 0.290. The van der Waals surface area contributed by atoms with Crippen LogP contribution in [0.15, 0.2) is 77.2 Å². The van der Waals surface area contributed by atoms with E-state index in [2.05, 4.69) is 94.6 Å². The van der Waals surface area contributed by atoms with E-state index in [1.807, 2.05) is 37.3 Å². The van der Waals surface area contributed by atoms with Gasteiger partial charge in [0.05, 0.1) is 7.14 Å². The predicted octanol–water partition coefficient (Wildman–Crippen LogP) is 9.37. The van der Waals surface area contributed by atoms with Crippen LogP contribution in [0.25, 0.3) is 42.3 Å². The van der Waals surface area contributed by atoms with Crippen molar-refractivity contribution in [3.8, 4) is 16.9 Å². The Labute approximate surface area is 250 Å². The number of hydrogen-bond donors (Lipinski definition) is 1. The third kappa shape index (κ3) is 4.48. The highest BCUT2D eigenvalue weighted by Crippen LogP contribution is 2.47. The summed E-state index contributed by atoms with van der Waals surface area (Å²) in [6, 6.07) is 24.4. The molecule has 4 nitrogen and oxygen atoms in total. The SMILES string of the molecule is Cc1oc2cc3sc4ccccc4c3c(-c3cc(I)c(O[C@H](Cc4ccccc4)C(=O)O)c(I)c3)c2c1C. The molecule has 0 radical (unpaired) electrons. The van der Waals surface area contributed by atoms with Gasteiger partial charge in [0, 0.05) is 37.5 Å². The van der Waals surface area contributed by atoms with Gasteiger partial charge >= 0.3 is 5.97 Å². The summed E-state index contributed by atoms with van der Waals surface area (Å²) in [5.74, 6) is 0.528. The van der Waals surface area contributed by atoms with E-state index < -0.39 is 12.1 Å². The normalized spacial score (nSPS) is 12.4. The second-order valence-electron chi connectivity index (χ2n) is 9.28. The van der Waals surface area contributed by atoms with Crippen molar-refractivity contribution in [2.75, 3.05) is 0 Å². The van der Waals surface area contributed by atoms with Crippen LogP contribution < -0.4 is 4.74 Å². The second-order valence-corrected chi connectivity index (χ2v) is 12.7. The molecule has 6 aromatic rings. The smallest absolute Gasteiger partial charge is 0.345 e. The first kappa shape index (κ1) is 25.6. The number of halogens is 2. The van der Waals surface area contributed by atoms with E-state index in [1.54, 1.807) is 11.3 Å². The minimum atomic E-state index is -0.986. The van der Waals surface area contributed by atoms with Crippen LogP contribution in [0.3, 0.4) is 0 Å². The lowest BCUT2D eigenvalue weighted by atomic mass is 9.94. The Morgan fingerprint density at radius 1 is 0.947 bits per heavy atom. The van der Waals surface area contributed by atoms with Gasteiger partial charge in [0.25, 0.3) is 0 Å². The van der Waals surface area contributed by atoms with Crippen LogP contribution in [0, 0.1) is 21.0 Å². The third-order valence-corrected chi connectivity index (χ3v) is 9.60. The van der Waals surface area contributed by atoms with Crippen LogP contribution in [0.4, 0.5) is 0 Å². The van der Waals surface area contributed by atoms with Crippen molar-refractivity contribution in [1.82, 2.24) is 0 Å². The number of rotatable bonds is 6. The van der Waals surface area contributed by atoms with Crippen LogP contribution in [0.2, 0.25) is 0 Å². The second kappa shape index (κ2) is 10.2. The molecule has 38 heavy (non-hydrogen) atoms. The van der Waals surface area contributed by atoms with Gasteiger partial charge in [-0.2, -0.15) is 0 Å². The van der Waals surface area contributed by atoms with Crippen LogP contribution in [-0.4, -0.2) is 17.2 Å². The van der Waals surface area contributed by atoms with Crippen molar-refractivity contribution < 1.29 is 19.1 Å². The predicted molar refractivity (Wildman–Crippen MR) is 172 cm³/mol. The average molecular weight is 744 g/mol. The lowest BCUT2D eigenvalue weighted by Crippen LogP contribution is -2.30. The Morgan fingerprint density at radius 2 is 1.63 bits per heavy atom.